The summed E-state index contributed by atoms with van der Waals surface area (Å²) in [6, 6.07) is 46.9. The fraction of sp³-hybridized carbons (Fsp3) is 0.364. The summed E-state index contributed by atoms with van der Waals surface area (Å²) >= 11 is 0. The van der Waals surface area contributed by atoms with Gasteiger partial charge in [-0.2, -0.15) is 0 Å². The monoisotopic (exact) mass is 1340 g/mol. The molecule has 0 N–H and O–H groups in total. The summed E-state index contributed by atoms with van der Waals surface area (Å²) < 4.78 is 0. The first-order valence-corrected chi connectivity index (χ1v) is 39.1. The van der Waals surface area contributed by atoms with E-state index in [1.165, 1.54) is 189 Å². The quantitative estimate of drug-likeness (QED) is 0.0908. The topological polar surface area (TPSA) is 51.2 Å². The van der Waals surface area contributed by atoms with Crippen LogP contribution in [0.2, 0.25) is 0 Å². The van der Waals surface area contributed by atoms with E-state index in [1.54, 1.807) is 19.4 Å². The molecule has 0 heterocycles. The number of ketones is 3. The fourth-order valence-electron chi connectivity index (χ4n) is 18.9. The minimum absolute atomic E-state index is 0.113. The molecule has 0 aromatic heterocycles. The number of carbonyl (C=O) groups is 3. The van der Waals surface area contributed by atoms with Crippen LogP contribution >= 0.6 is 0 Å². The molecule has 0 spiro atoms. The van der Waals surface area contributed by atoms with Crippen molar-refractivity contribution in [2.45, 2.75) is 189 Å². The second-order valence-corrected chi connectivity index (χ2v) is 32.2. The molecule has 0 aliphatic heterocycles. The van der Waals surface area contributed by atoms with Crippen molar-refractivity contribution in [2.75, 3.05) is 0 Å². The standard InChI is InChI=1S/C34H36O.C33H36O.C32H34O/c1-22(2)24-10-12-26(13-11-24)25-8-6-23(7-9-25)20-27-14-17-31(33-5-3-4-30(27)33)28-15-18-32-29(21-28)16-19-34(32)35;1-22(2)25-11-15-28(16-12-25)27-9-7-24(8-10-27)21-30-19-20-32(33-6-4-5-31(30)33)29-17-13-26(14-18-29)23(3)34;1-21-18-24(12-15-29(21)25-8-5-4-6-9-25)20-27-14-17-31(32-11-7-10-30(27)32)26-13-16-28(23(3)33)22(2)19-26/h3-9,14-15,17-18,21-22,24,26,33H,10-13,16,19-20H2,1-2H3;4-10,13-14,17-20,22,25,28,33H,11-12,15-16,21H2,1-3H3;7,10-19,25,32H,4-6,8-9,20H2,1-3H3. The molecule has 3 atom stereocenters. The Morgan fingerprint density at radius 1 is 0.392 bits per heavy atom. The number of allylic oxidation sites excluding steroid dienone is 24. The van der Waals surface area contributed by atoms with E-state index < -0.39 is 0 Å². The van der Waals surface area contributed by atoms with Crippen LogP contribution in [0.1, 0.15) is 247 Å². The van der Waals surface area contributed by atoms with Gasteiger partial charge in [0.05, 0.1) is 0 Å². The van der Waals surface area contributed by atoms with Crippen LogP contribution in [0.4, 0.5) is 0 Å². The van der Waals surface area contributed by atoms with Crippen LogP contribution in [0.25, 0.3) is 16.7 Å². The molecule has 16 rings (SSSR count). The molecule has 10 aliphatic rings. The Balaban J connectivity index is 0.000000130. The van der Waals surface area contributed by atoms with E-state index in [4.69, 9.17) is 0 Å². The van der Waals surface area contributed by atoms with Gasteiger partial charge in [-0.3, -0.25) is 14.4 Å². The zero-order valence-corrected chi connectivity index (χ0v) is 62.0. The lowest BCUT2D eigenvalue weighted by Gasteiger charge is -2.31. The lowest BCUT2D eigenvalue weighted by Crippen LogP contribution is -2.17. The summed E-state index contributed by atoms with van der Waals surface area (Å²) in [5, 5.41) is 0. The highest BCUT2D eigenvalue weighted by Crippen LogP contribution is 2.47. The average molecular weight is 1340 g/mol. The molecular formula is C99H106O3. The van der Waals surface area contributed by atoms with E-state index in [0.29, 0.717) is 30.0 Å². The van der Waals surface area contributed by atoms with Crippen molar-refractivity contribution in [3.63, 3.8) is 0 Å². The normalized spacial score (nSPS) is 23.2. The number of carbonyl (C=O) groups excluding carboxylic acids is 3. The number of hydrogen-bond donors (Lipinski definition) is 0. The molecule has 0 bridgehead atoms. The molecule has 102 heavy (non-hydrogen) atoms. The van der Waals surface area contributed by atoms with Crippen LogP contribution < -0.4 is 0 Å². The Morgan fingerprint density at radius 2 is 0.843 bits per heavy atom. The van der Waals surface area contributed by atoms with Crippen molar-refractivity contribution in [2.24, 2.45) is 41.4 Å². The molecule has 3 heteroatoms. The van der Waals surface area contributed by atoms with Gasteiger partial charge in [0.1, 0.15) is 0 Å². The van der Waals surface area contributed by atoms with Crippen LogP contribution in [-0.2, 0) is 25.7 Å². The van der Waals surface area contributed by atoms with Crippen LogP contribution in [-0.4, -0.2) is 17.3 Å². The van der Waals surface area contributed by atoms with E-state index >= 15 is 0 Å². The molecule has 6 aromatic rings. The Kier molecular flexibility index (Phi) is 21.7. The predicted octanol–water partition coefficient (Wildman–Crippen LogP) is 25.2. The maximum absolute atomic E-state index is 12.1. The first-order chi connectivity index (χ1) is 49.6. The summed E-state index contributed by atoms with van der Waals surface area (Å²) in [6.45, 7) is 17.1. The summed E-state index contributed by atoms with van der Waals surface area (Å²) in [7, 11) is 0. The first-order valence-electron chi connectivity index (χ1n) is 39.1. The van der Waals surface area contributed by atoms with E-state index in [1.807, 2.05) is 31.2 Å². The lowest BCUT2D eigenvalue weighted by molar-refractivity contribution is 0.0990. The predicted molar refractivity (Wildman–Crippen MR) is 427 cm³/mol. The molecule has 3 saturated carbocycles. The molecular weight excluding hydrogens is 1240 g/mol. The average Bonchev–Trinajstić information content (AvgIpc) is 1.58. The third kappa shape index (κ3) is 15.6. The van der Waals surface area contributed by atoms with Crippen molar-refractivity contribution in [1.82, 2.24) is 0 Å². The SMILES string of the molecule is CC(=O)c1ccc(C2=CC=C(Cc3ccc(C4CCC(C(C)C)CC4)cc3)C3=CC=CC32)cc1.CC(=O)c1ccc(C2=CC=C(Cc3ccc(C4CCCCC4)c(C)c3)C3=CC=CC32)cc1C.CC(C)C1CCC(c2ccc(CC3=CC=C(c4ccc5c(c4)CCC5=O)C4C=CC=C34)cc2)CC1. The van der Waals surface area contributed by atoms with Crippen molar-refractivity contribution in [3.8, 4) is 0 Å². The van der Waals surface area contributed by atoms with Crippen LogP contribution in [0.5, 0.6) is 0 Å². The fourth-order valence-corrected chi connectivity index (χ4v) is 18.9. The summed E-state index contributed by atoms with van der Waals surface area (Å²) in [6.07, 6.45) is 56.4. The van der Waals surface area contributed by atoms with E-state index in [2.05, 4.69) is 229 Å². The molecule has 0 saturated heterocycles. The number of fused-ring (bicyclic) bond motifs is 4. The minimum atomic E-state index is 0.113. The Hall–Kier alpha value is -8.79. The zero-order valence-electron chi connectivity index (χ0n) is 62.0. The van der Waals surface area contributed by atoms with Gasteiger partial charge in [0.25, 0.3) is 0 Å². The summed E-state index contributed by atoms with van der Waals surface area (Å²) in [5.74, 6) is 7.19. The highest BCUT2D eigenvalue weighted by molar-refractivity contribution is 6.01. The van der Waals surface area contributed by atoms with Crippen LogP contribution in [0.3, 0.4) is 0 Å². The number of hydrogen-bond acceptors (Lipinski definition) is 3. The number of benzene rings is 6. The first kappa shape index (κ1) is 70.3. The maximum atomic E-state index is 12.1. The highest BCUT2D eigenvalue weighted by Gasteiger charge is 2.32. The third-order valence-electron chi connectivity index (χ3n) is 25.1. The number of rotatable bonds is 16. The van der Waals surface area contributed by atoms with Gasteiger partial charge >= 0.3 is 0 Å². The van der Waals surface area contributed by atoms with E-state index in [0.717, 1.165) is 89.4 Å². The highest BCUT2D eigenvalue weighted by atomic mass is 16.1. The zero-order chi connectivity index (χ0) is 70.5. The van der Waals surface area contributed by atoms with Gasteiger partial charge in [-0.1, -0.05) is 265 Å². The van der Waals surface area contributed by atoms with Gasteiger partial charge in [0, 0.05) is 40.9 Å². The Bertz CT molecular complexity index is 4550. The van der Waals surface area contributed by atoms with Crippen molar-refractivity contribution >= 4 is 34.1 Å². The van der Waals surface area contributed by atoms with Crippen molar-refractivity contribution in [1.29, 1.82) is 0 Å². The minimum Gasteiger partial charge on any atom is -0.295 e. The molecule has 0 radical (unpaired) electrons. The maximum Gasteiger partial charge on any atom is 0.163 e. The summed E-state index contributed by atoms with van der Waals surface area (Å²) in [5.41, 5.74) is 31.2. The number of Topliss-reactive ketones (excluding diaryl/α,β-unsaturated/α-hetero) is 3. The van der Waals surface area contributed by atoms with E-state index in [9.17, 15) is 14.4 Å². The van der Waals surface area contributed by atoms with Gasteiger partial charge < -0.3 is 0 Å². The summed E-state index contributed by atoms with van der Waals surface area (Å²) in [4.78, 5) is 35.5. The molecule has 10 aliphatic carbocycles. The molecule has 3 unspecified atom stereocenters. The molecule has 3 fully saturated rings. The van der Waals surface area contributed by atoms with Gasteiger partial charge in [0.2, 0.25) is 0 Å². The Labute approximate surface area is 610 Å². The third-order valence-corrected chi connectivity index (χ3v) is 25.1. The smallest absolute Gasteiger partial charge is 0.163 e. The molecule has 6 aromatic carbocycles. The van der Waals surface area contributed by atoms with Gasteiger partial charge in [-0.05, 0) is 276 Å². The second kappa shape index (κ2) is 31.4. The Morgan fingerprint density at radius 3 is 1.30 bits per heavy atom. The number of aryl methyl sites for hydroxylation is 3. The molecule has 520 valence electrons. The van der Waals surface area contributed by atoms with Crippen LogP contribution in [0.15, 0.2) is 252 Å². The molecule has 3 nitrogen and oxygen atoms in total. The second-order valence-electron chi connectivity index (χ2n) is 32.2. The van der Waals surface area contributed by atoms with Gasteiger partial charge in [0.15, 0.2) is 17.3 Å². The van der Waals surface area contributed by atoms with Gasteiger partial charge in [-0.15, -0.1) is 0 Å². The van der Waals surface area contributed by atoms with Crippen molar-refractivity contribution < 1.29 is 14.4 Å². The van der Waals surface area contributed by atoms with E-state index in [-0.39, 0.29) is 11.6 Å². The largest absolute Gasteiger partial charge is 0.295 e. The lowest BCUT2D eigenvalue weighted by atomic mass is 9.74. The van der Waals surface area contributed by atoms with Crippen LogP contribution in [0, 0.1) is 55.3 Å². The van der Waals surface area contributed by atoms with Crippen molar-refractivity contribution in [3.05, 3.63) is 335 Å². The van der Waals surface area contributed by atoms with Gasteiger partial charge in [-0.25, -0.2) is 0 Å². The molecule has 0 amide bonds.